The van der Waals surface area contributed by atoms with Crippen molar-refractivity contribution in [1.82, 2.24) is 5.16 Å². The monoisotopic (exact) mass is 298 g/mol. The summed E-state index contributed by atoms with van der Waals surface area (Å²) in [4.78, 5) is 14.5. The number of benzene rings is 1. The van der Waals surface area contributed by atoms with Crippen molar-refractivity contribution in [3.05, 3.63) is 45.6 Å². The van der Waals surface area contributed by atoms with Gasteiger partial charge in [-0.25, -0.2) is 0 Å². The summed E-state index contributed by atoms with van der Waals surface area (Å²) in [6.45, 7) is 0. The van der Waals surface area contributed by atoms with Gasteiger partial charge in [0.15, 0.2) is 11.4 Å². The zero-order valence-corrected chi connectivity index (χ0v) is 12.2. The highest BCUT2D eigenvalue weighted by molar-refractivity contribution is 7.14. The summed E-state index contributed by atoms with van der Waals surface area (Å²) < 4.78 is 5.21. The predicted molar refractivity (Wildman–Crippen MR) is 82.9 cm³/mol. The molecule has 0 spiro atoms. The van der Waals surface area contributed by atoms with E-state index >= 15 is 0 Å². The molecular weight excluding hydrogens is 284 g/mol. The number of carbonyl (C=O) groups is 1. The van der Waals surface area contributed by atoms with E-state index in [1.807, 2.05) is 30.3 Å². The second-order valence-corrected chi connectivity index (χ2v) is 6.38. The van der Waals surface area contributed by atoms with Crippen molar-refractivity contribution in [1.29, 1.82) is 0 Å². The summed E-state index contributed by atoms with van der Waals surface area (Å²) in [6, 6.07) is 9.53. The van der Waals surface area contributed by atoms with E-state index in [9.17, 15) is 4.79 Å². The molecule has 0 saturated carbocycles. The lowest BCUT2D eigenvalue weighted by Crippen LogP contribution is -2.10. The normalized spacial score (nSPS) is 14.1. The van der Waals surface area contributed by atoms with Gasteiger partial charge >= 0.3 is 0 Å². The number of nitrogens with zero attached hydrogens (tertiary/aromatic N) is 1. The molecule has 4 nitrogen and oxygen atoms in total. The Morgan fingerprint density at radius 3 is 3.00 bits per heavy atom. The van der Waals surface area contributed by atoms with Crippen LogP contribution in [0.2, 0.25) is 0 Å². The van der Waals surface area contributed by atoms with Gasteiger partial charge in [-0.1, -0.05) is 17.3 Å². The second-order valence-electron chi connectivity index (χ2n) is 5.25. The first kappa shape index (κ1) is 12.6. The van der Waals surface area contributed by atoms with E-state index in [0.29, 0.717) is 11.4 Å². The Balaban J connectivity index is 1.62. The molecule has 0 unspecified atom stereocenters. The summed E-state index contributed by atoms with van der Waals surface area (Å²) in [5.74, 6) is 0.385. The third-order valence-corrected chi connectivity index (χ3v) is 5.07. The molecule has 0 saturated heterocycles. The molecule has 2 aromatic heterocycles. The van der Waals surface area contributed by atoms with E-state index in [1.54, 1.807) is 11.3 Å². The number of amides is 1. The first-order valence-electron chi connectivity index (χ1n) is 7.08. The topological polar surface area (TPSA) is 55.1 Å². The van der Waals surface area contributed by atoms with E-state index in [-0.39, 0.29) is 5.91 Å². The van der Waals surface area contributed by atoms with E-state index in [1.165, 1.54) is 23.3 Å². The number of carbonyl (C=O) groups excluding carboxylic acids is 1. The quantitative estimate of drug-likeness (QED) is 0.777. The number of para-hydroxylation sites is 1. The fourth-order valence-electron chi connectivity index (χ4n) is 2.75. The van der Waals surface area contributed by atoms with Gasteiger partial charge in [0, 0.05) is 4.88 Å². The molecule has 4 rings (SSSR count). The summed E-state index contributed by atoms with van der Waals surface area (Å²) in [6.07, 6.45) is 4.63. The average Bonchev–Trinajstić information content (AvgIpc) is 3.11. The second kappa shape index (κ2) is 5.00. The average molecular weight is 298 g/mol. The maximum Gasteiger partial charge on any atom is 0.267 e. The Hall–Kier alpha value is -2.14. The summed E-state index contributed by atoms with van der Waals surface area (Å²) in [5.41, 5.74) is 2.01. The fourth-order valence-corrected chi connectivity index (χ4v) is 3.90. The highest BCUT2D eigenvalue weighted by Gasteiger charge is 2.18. The molecule has 3 aromatic rings. The van der Waals surface area contributed by atoms with Crippen LogP contribution in [-0.4, -0.2) is 11.1 Å². The predicted octanol–water partition coefficient (Wildman–Crippen LogP) is 4.02. The highest BCUT2D eigenvalue weighted by Crippen LogP contribution is 2.30. The minimum absolute atomic E-state index is 0.103. The van der Waals surface area contributed by atoms with E-state index in [0.717, 1.165) is 23.1 Å². The van der Waals surface area contributed by atoms with Crippen LogP contribution in [0.25, 0.3) is 11.0 Å². The van der Waals surface area contributed by atoms with Gasteiger partial charge in [0.25, 0.3) is 5.91 Å². The molecule has 1 amide bonds. The molecule has 0 atom stereocenters. The largest absolute Gasteiger partial charge is 0.354 e. The molecule has 1 aliphatic carbocycles. The van der Waals surface area contributed by atoms with Crippen LogP contribution in [0.15, 0.2) is 34.9 Å². The van der Waals surface area contributed by atoms with Crippen molar-refractivity contribution in [3.63, 3.8) is 0 Å². The zero-order chi connectivity index (χ0) is 14.2. The Bertz CT molecular complexity index is 795. The molecule has 21 heavy (non-hydrogen) atoms. The van der Waals surface area contributed by atoms with Crippen molar-refractivity contribution < 1.29 is 9.32 Å². The van der Waals surface area contributed by atoms with Crippen LogP contribution in [0.4, 0.5) is 5.82 Å². The highest BCUT2D eigenvalue weighted by atomic mass is 32.1. The summed E-state index contributed by atoms with van der Waals surface area (Å²) in [7, 11) is 0. The maximum absolute atomic E-state index is 12.4. The Morgan fingerprint density at radius 2 is 2.10 bits per heavy atom. The minimum Gasteiger partial charge on any atom is -0.354 e. The van der Waals surface area contributed by atoms with Crippen molar-refractivity contribution >= 4 is 34.0 Å². The lowest BCUT2D eigenvalue weighted by atomic mass is 9.99. The smallest absolute Gasteiger partial charge is 0.267 e. The van der Waals surface area contributed by atoms with E-state index < -0.39 is 0 Å². The zero-order valence-electron chi connectivity index (χ0n) is 11.4. The van der Waals surface area contributed by atoms with Gasteiger partial charge in [0.05, 0.1) is 10.3 Å². The molecule has 1 aromatic carbocycles. The van der Waals surface area contributed by atoms with Crippen LogP contribution in [0.3, 0.4) is 0 Å². The Labute approximate surface area is 125 Å². The van der Waals surface area contributed by atoms with Crippen LogP contribution in [0, 0.1) is 0 Å². The number of hydrogen-bond acceptors (Lipinski definition) is 4. The molecule has 0 radical (unpaired) electrons. The molecule has 0 bridgehead atoms. The van der Waals surface area contributed by atoms with Crippen molar-refractivity contribution in [2.75, 3.05) is 5.32 Å². The first-order chi connectivity index (χ1) is 10.3. The number of aromatic nitrogens is 1. The molecule has 0 fully saturated rings. The lowest BCUT2D eigenvalue weighted by molar-refractivity contribution is 0.102. The molecule has 2 heterocycles. The third kappa shape index (κ3) is 2.23. The number of thiophene rings is 1. The van der Waals surface area contributed by atoms with Crippen molar-refractivity contribution in [2.45, 2.75) is 25.7 Å². The van der Waals surface area contributed by atoms with E-state index in [2.05, 4.69) is 10.5 Å². The van der Waals surface area contributed by atoms with Crippen LogP contribution < -0.4 is 5.32 Å². The molecule has 1 N–H and O–H groups in total. The van der Waals surface area contributed by atoms with Gasteiger partial charge in [-0.15, -0.1) is 11.3 Å². The lowest BCUT2D eigenvalue weighted by Gasteiger charge is -2.08. The summed E-state index contributed by atoms with van der Waals surface area (Å²) >= 11 is 1.60. The minimum atomic E-state index is -0.103. The molecular formula is C16H14N2O2S. The fraction of sp³-hybridized carbons (Fsp3) is 0.250. The Morgan fingerprint density at radius 1 is 1.24 bits per heavy atom. The van der Waals surface area contributed by atoms with Crippen LogP contribution in [-0.2, 0) is 12.8 Å². The summed E-state index contributed by atoms with van der Waals surface area (Å²) in [5, 5.41) is 7.62. The third-order valence-electron chi connectivity index (χ3n) is 3.83. The van der Waals surface area contributed by atoms with Crippen LogP contribution in [0.5, 0.6) is 0 Å². The standard InChI is InChI=1S/C16H14N2O2S/c19-16(14-9-10-5-1-4-8-13(10)21-14)17-15-11-6-2-3-7-12(11)20-18-15/h2-3,6-7,9H,1,4-5,8H2,(H,17,18,19). The number of fused-ring (bicyclic) bond motifs is 2. The van der Waals surface area contributed by atoms with Crippen molar-refractivity contribution in [3.8, 4) is 0 Å². The number of rotatable bonds is 2. The maximum atomic E-state index is 12.4. The first-order valence-corrected chi connectivity index (χ1v) is 7.90. The number of nitrogens with one attached hydrogen (secondary N) is 1. The van der Waals surface area contributed by atoms with Gasteiger partial charge < -0.3 is 9.84 Å². The van der Waals surface area contributed by atoms with Crippen LogP contribution >= 0.6 is 11.3 Å². The number of aryl methyl sites for hydroxylation is 2. The molecule has 0 aliphatic heterocycles. The number of anilines is 1. The van der Waals surface area contributed by atoms with E-state index in [4.69, 9.17) is 4.52 Å². The molecule has 5 heteroatoms. The van der Waals surface area contributed by atoms with Crippen LogP contribution in [0.1, 0.15) is 33.0 Å². The molecule has 1 aliphatic rings. The molecule has 106 valence electrons. The van der Waals surface area contributed by atoms with Crippen molar-refractivity contribution in [2.24, 2.45) is 0 Å². The Kier molecular flexibility index (Phi) is 3.00. The SMILES string of the molecule is O=C(Nc1noc2ccccc12)c1cc2c(s1)CCCC2. The van der Waals surface area contributed by atoms with Gasteiger partial charge in [-0.2, -0.15) is 0 Å². The van der Waals surface area contributed by atoms with Gasteiger partial charge in [-0.3, -0.25) is 4.79 Å². The number of hydrogen-bond donors (Lipinski definition) is 1. The van der Waals surface area contributed by atoms with Gasteiger partial charge in [-0.05, 0) is 49.4 Å². The van der Waals surface area contributed by atoms with Gasteiger partial charge in [0.2, 0.25) is 0 Å². The van der Waals surface area contributed by atoms with Gasteiger partial charge in [0.1, 0.15) is 0 Å².